The van der Waals surface area contributed by atoms with Crippen LogP contribution >= 0.6 is 0 Å². The SMILES string of the molecule is CO[C@]12CC[C@@]3(C[C@@H]1[C@](C)(O)C(C)(C)C)[C@H]1Cc4ccc(OC(=O)N[C@@H](Cc5ccccc5)C(=O)O)c5c4[C@@]3(CCN1CC1CC1)[C@H]2O5. The number of benzene rings is 2. The number of hydrogen-bond acceptors (Lipinski definition) is 7. The van der Waals surface area contributed by atoms with E-state index in [0.717, 1.165) is 62.2 Å². The van der Waals surface area contributed by atoms with E-state index in [1.807, 2.05) is 43.3 Å². The largest absolute Gasteiger partial charge is 0.482 e. The number of methoxy groups -OCH3 is 1. The summed E-state index contributed by atoms with van der Waals surface area (Å²) < 4.78 is 19.8. The number of aliphatic carboxylic acids is 1. The molecular formula is C39H50N2O7. The second-order valence-corrected chi connectivity index (χ2v) is 16.9. The second-order valence-electron chi connectivity index (χ2n) is 16.9. The Morgan fingerprint density at radius 1 is 1.08 bits per heavy atom. The third kappa shape index (κ3) is 4.32. The van der Waals surface area contributed by atoms with Gasteiger partial charge in [0.2, 0.25) is 0 Å². The number of carboxylic acid groups (broad SMARTS) is 1. The molecule has 2 aromatic carbocycles. The van der Waals surface area contributed by atoms with Gasteiger partial charge in [-0.3, -0.25) is 4.90 Å². The maximum atomic E-state index is 13.4. The summed E-state index contributed by atoms with van der Waals surface area (Å²) in [6.07, 6.45) is 6.01. The van der Waals surface area contributed by atoms with Crippen molar-refractivity contribution in [1.29, 1.82) is 0 Å². The molecule has 2 aromatic rings. The van der Waals surface area contributed by atoms with Gasteiger partial charge < -0.3 is 29.7 Å². The molecule has 1 saturated heterocycles. The Labute approximate surface area is 283 Å². The topological polar surface area (TPSA) is 118 Å². The van der Waals surface area contributed by atoms with Gasteiger partial charge in [0, 0.05) is 48.4 Å². The molecule has 2 heterocycles. The molecule has 48 heavy (non-hydrogen) atoms. The number of nitrogens with one attached hydrogen (secondary N) is 1. The lowest BCUT2D eigenvalue weighted by Gasteiger charge is -2.75. The number of carboxylic acids is 1. The van der Waals surface area contributed by atoms with Crippen molar-refractivity contribution in [2.45, 2.75) is 114 Å². The fourth-order valence-corrected chi connectivity index (χ4v) is 11.0. The normalized spacial score (nSPS) is 34.8. The number of hydrogen-bond donors (Lipinski definition) is 3. The summed E-state index contributed by atoms with van der Waals surface area (Å²) in [5.74, 6) is 0.363. The van der Waals surface area contributed by atoms with Gasteiger partial charge in [-0.2, -0.15) is 0 Å². The number of carbonyl (C=O) groups is 2. The van der Waals surface area contributed by atoms with E-state index in [-0.39, 0.29) is 29.3 Å². The first kappa shape index (κ1) is 32.1. The van der Waals surface area contributed by atoms with Crippen molar-refractivity contribution in [2.24, 2.45) is 22.7 Å². The minimum Gasteiger partial charge on any atom is -0.482 e. The van der Waals surface area contributed by atoms with Gasteiger partial charge in [-0.15, -0.1) is 0 Å². The molecule has 9 heteroatoms. The molecule has 5 aliphatic carbocycles. The highest BCUT2D eigenvalue weighted by molar-refractivity contribution is 5.82. The molecule has 0 radical (unpaired) electrons. The summed E-state index contributed by atoms with van der Waals surface area (Å²) in [5.41, 5.74) is 0.551. The third-order valence-corrected chi connectivity index (χ3v) is 13.9. The van der Waals surface area contributed by atoms with Gasteiger partial charge in [-0.1, -0.05) is 57.2 Å². The molecule has 9 nitrogen and oxygen atoms in total. The van der Waals surface area contributed by atoms with E-state index in [1.54, 1.807) is 7.11 Å². The molecule has 4 bridgehead atoms. The van der Waals surface area contributed by atoms with Crippen LogP contribution in [0, 0.1) is 22.7 Å². The molecule has 9 rings (SSSR count). The molecule has 5 fully saturated rings. The van der Waals surface area contributed by atoms with Crippen LogP contribution in [0.3, 0.4) is 0 Å². The zero-order chi connectivity index (χ0) is 33.9. The number of rotatable bonds is 9. The molecule has 4 saturated carbocycles. The Bertz CT molecular complexity index is 1630. The first-order valence-corrected chi connectivity index (χ1v) is 17.9. The van der Waals surface area contributed by atoms with Gasteiger partial charge in [0.15, 0.2) is 11.5 Å². The number of ether oxygens (including phenoxy) is 3. The number of piperidine rings is 1. The van der Waals surface area contributed by atoms with Crippen LogP contribution in [0.2, 0.25) is 0 Å². The van der Waals surface area contributed by atoms with Gasteiger partial charge in [0.25, 0.3) is 0 Å². The van der Waals surface area contributed by atoms with E-state index in [9.17, 15) is 19.8 Å². The Morgan fingerprint density at radius 3 is 2.50 bits per heavy atom. The van der Waals surface area contributed by atoms with E-state index < -0.39 is 34.7 Å². The smallest absolute Gasteiger partial charge is 0.413 e. The molecular weight excluding hydrogens is 608 g/mol. The number of nitrogens with zero attached hydrogens (tertiary/aromatic N) is 1. The van der Waals surface area contributed by atoms with E-state index in [2.05, 4.69) is 37.1 Å². The molecule has 2 aliphatic heterocycles. The zero-order valence-corrected chi connectivity index (χ0v) is 28.9. The van der Waals surface area contributed by atoms with Crippen LogP contribution in [0.25, 0.3) is 0 Å². The predicted molar refractivity (Wildman–Crippen MR) is 179 cm³/mol. The monoisotopic (exact) mass is 658 g/mol. The lowest BCUT2D eigenvalue weighted by atomic mass is 9.33. The van der Waals surface area contributed by atoms with E-state index in [1.165, 1.54) is 18.4 Å². The Kier molecular flexibility index (Phi) is 7.14. The lowest BCUT2D eigenvalue weighted by Crippen LogP contribution is -2.83. The molecule has 0 aromatic heterocycles. The molecule has 2 spiro atoms. The fourth-order valence-electron chi connectivity index (χ4n) is 11.0. The van der Waals surface area contributed by atoms with Crippen molar-refractivity contribution in [2.75, 3.05) is 20.2 Å². The highest BCUT2D eigenvalue weighted by atomic mass is 16.6. The molecule has 3 N–H and O–H groups in total. The predicted octanol–water partition coefficient (Wildman–Crippen LogP) is 5.49. The number of carbonyl (C=O) groups excluding carboxylic acids is 1. The van der Waals surface area contributed by atoms with Crippen LogP contribution in [-0.2, 0) is 27.8 Å². The minimum atomic E-state index is -1.15. The summed E-state index contributed by atoms with van der Waals surface area (Å²) in [5, 5.41) is 25.0. The third-order valence-electron chi connectivity index (χ3n) is 13.9. The van der Waals surface area contributed by atoms with Crippen molar-refractivity contribution in [3.63, 3.8) is 0 Å². The first-order chi connectivity index (χ1) is 22.8. The minimum absolute atomic E-state index is 0.131. The quantitative estimate of drug-likeness (QED) is 0.324. The summed E-state index contributed by atoms with van der Waals surface area (Å²) in [4.78, 5) is 28.3. The van der Waals surface area contributed by atoms with Crippen LogP contribution in [0.1, 0.15) is 82.9 Å². The Hall–Kier alpha value is -3.14. The molecule has 8 atom stereocenters. The van der Waals surface area contributed by atoms with E-state index in [4.69, 9.17) is 14.2 Å². The first-order valence-electron chi connectivity index (χ1n) is 17.9. The second kappa shape index (κ2) is 10.7. The van der Waals surface area contributed by atoms with Crippen molar-refractivity contribution >= 4 is 12.1 Å². The van der Waals surface area contributed by atoms with Crippen molar-refractivity contribution in [3.05, 3.63) is 59.2 Å². The lowest BCUT2D eigenvalue weighted by molar-refractivity contribution is -0.312. The molecule has 1 amide bonds. The molecule has 258 valence electrons. The van der Waals surface area contributed by atoms with Gasteiger partial charge in [-0.25, -0.2) is 9.59 Å². The number of amides is 1. The summed E-state index contributed by atoms with van der Waals surface area (Å²) >= 11 is 0. The maximum absolute atomic E-state index is 13.4. The van der Waals surface area contributed by atoms with E-state index in [0.29, 0.717) is 17.5 Å². The molecule has 0 unspecified atom stereocenters. The van der Waals surface area contributed by atoms with Gasteiger partial charge in [-0.05, 0) is 86.9 Å². The van der Waals surface area contributed by atoms with Crippen molar-refractivity contribution in [3.8, 4) is 11.5 Å². The average molecular weight is 659 g/mol. The van der Waals surface area contributed by atoms with Gasteiger partial charge >= 0.3 is 12.1 Å². The van der Waals surface area contributed by atoms with Crippen LogP contribution in [0.5, 0.6) is 11.5 Å². The van der Waals surface area contributed by atoms with Gasteiger partial charge in [0.1, 0.15) is 17.7 Å². The molecule has 7 aliphatic rings. The standard InChI is InChI=1S/C39H50N2O7/c1-35(2,3)36(4,45)28-21-37-15-16-39(28,46-5)33-38(37)17-18-41(22-24-11-12-24)29(37)20-25-13-14-27(31(48-33)30(25)38)47-34(44)40-26(32(42)43)19-23-9-7-6-8-10-23/h6-10,13-14,24,26,28-29,33,45H,11-12,15-22H2,1-5H3,(H,40,44)(H,42,43)/t26-,28+,29+,33+,36-,37+,38-,39+/m0/s1. The van der Waals surface area contributed by atoms with Crippen LogP contribution in [-0.4, -0.2) is 76.8 Å². The maximum Gasteiger partial charge on any atom is 0.413 e. The summed E-state index contributed by atoms with van der Waals surface area (Å²) in [7, 11) is 1.78. The van der Waals surface area contributed by atoms with Crippen LogP contribution < -0.4 is 14.8 Å². The Morgan fingerprint density at radius 2 is 1.83 bits per heavy atom. The summed E-state index contributed by atoms with van der Waals surface area (Å²) in [6.45, 7) is 10.4. The van der Waals surface area contributed by atoms with Crippen LogP contribution in [0.4, 0.5) is 4.79 Å². The highest BCUT2D eigenvalue weighted by Gasteiger charge is 2.82. The van der Waals surface area contributed by atoms with Crippen molar-refractivity contribution in [1.82, 2.24) is 10.2 Å². The number of aliphatic hydroxyl groups is 1. The van der Waals surface area contributed by atoms with Crippen LogP contribution in [0.15, 0.2) is 42.5 Å². The average Bonchev–Trinajstić information content (AvgIpc) is 3.79. The Balaban J connectivity index is 1.20. The van der Waals surface area contributed by atoms with E-state index >= 15 is 0 Å². The summed E-state index contributed by atoms with van der Waals surface area (Å²) in [6, 6.07) is 12.3. The van der Waals surface area contributed by atoms with Crippen molar-refractivity contribution < 1.29 is 34.0 Å². The number of likely N-dealkylation sites (tertiary alicyclic amines) is 1. The number of fused-ring (bicyclic) bond motifs is 2. The van der Waals surface area contributed by atoms with Gasteiger partial charge in [0.05, 0.1) is 5.60 Å². The highest BCUT2D eigenvalue weighted by Crippen LogP contribution is 2.78. The fraction of sp³-hybridized carbons (Fsp3) is 0.641. The zero-order valence-electron chi connectivity index (χ0n) is 28.9.